The van der Waals surface area contributed by atoms with Gasteiger partial charge >= 0.3 is 6.18 Å². The van der Waals surface area contributed by atoms with E-state index in [1.165, 1.54) is 6.07 Å². The van der Waals surface area contributed by atoms with Crippen LogP contribution in [-0.2, 0) is 6.18 Å². The van der Waals surface area contributed by atoms with Crippen LogP contribution in [0.1, 0.15) is 38.3 Å². The van der Waals surface area contributed by atoms with Gasteiger partial charge in [-0.25, -0.2) is 0 Å². The SMILES string of the molecule is CCC1(C)CN(c2cc(C(F)(F)F)ccc2C)C(C)CN1. The van der Waals surface area contributed by atoms with Crippen molar-refractivity contribution < 1.29 is 13.2 Å². The van der Waals surface area contributed by atoms with Gasteiger partial charge in [-0.1, -0.05) is 13.0 Å². The highest BCUT2D eigenvalue weighted by molar-refractivity contribution is 5.57. The number of nitrogens with one attached hydrogen (secondary N) is 1. The summed E-state index contributed by atoms with van der Waals surface area (Å²) >= 11 is 0. The summed E-state index contributed by atoms with van der Waals surface area (Å²) in [7, 11) is 0. The first-order chi connectivity index (χ1) is 9.66. The third-order valence-electron chi connectivity index (χ3n) is 4.50. The van der Waals surface area contributed by atoms with Gasteiger partial charge in [0, 0.05) is 30.4 Å². The lowest BCUT2D eigenvalue weighted by Gasteiger charge is -2.46. The van der Waals surface area contributed by atoms with E-state index in [1.807, 2.05) is 13.8 Å². The Morgan fingerprint density at radius 2 is 2.05 bits per heavy atom. The van der Waals surface area contributed by atoms with Crippen molar-refractivity contribution in [1.29, 1.82) is 0 Å². The summed E-state index contributed by atoms with van der Waals surface area (Å²) in [4.78, 5) is 2.10. The molecule has 118 valence electrons. The molecule has 0 spiro atoms. The minimum Gasteiger partial charge on any atom is -0.365 e. The molecule has 1 N–H and O–H groups in total. The molecule has 2 atom stereocenters. The van der Waals surface area contributed by atoms with E-state index in [1.54, 1.807) is 6.07 Å². The summed E-state index contributed by atoms with van der Waals surface area (Å²) in [6, 6.07) is 4.18. The van der Waals surface area contributed by atoms with E-state index in [9.17, 15) is 13.2 Å². The number of alkyl halides is 3. The molecular formula is C16H23F3N2. The molecule has 5 heteroatoms. The Labute approximate surface area is 124 Å². The predicted octanol–water partition coefficient (Wildman–Crippen LogP) is 3.98. The molecule has 1 aromatic carbocycles. The fraction of sp³-hybridized carbons (Fsp3) is 0.625. The minimum atomic E-state index is -4.30. The summed E-state index contributed by atoms with van der Waals surface area (Å²) in [5.41, 5.74) is 0.938. The molecule has 0 amide bonds. The maximum atomic E-state index is 13.0. The van der Waals surface area contributed by atoms with Gasteiger partial charge in [0.2, 0.25) is 0 Å². The smallest absolute Gasteiger partial charge is 0.365 e. The Kier molecular flexibility index (Phi) is 4.24. The molecule has 1 heterocycles. The lowest BCUT2D eigenvalue weighted by molar-refractivity contribution is -0.137. The normalized spacial score (nSPS) is 27.0. The van der Waals surface area contributed by atoms with Crippen LogP contribution in [0.3, 0.4) is 0 Å². The van der Waals surface area contributed by atoms with Crippen molar-refractivity contribution in [2.75, 3.05) is 18.0 Å². The quantitative estimate of drug-likeness (QED) is 0.888. The van der Waals surface area contributed by atoms with Gasteiger partial charge < -0.3 is 10.2 Å². The molecule has 0 aromatic heterocycles. The molecule has 1 aliphatic rings. The highest BCUT2D eigenvalue weighted by Gasteiger charge is 2.35. The van der Waals surface area contributed by atoms with Crippen molar-refractivity contribution >= 4 is 5.69 Å². The summed E-state index contributed by atoms with van der Waals surface area (Å²) < 4.78 is 38.9. The summed E-state index contributed by atoms with van der Waals surface area (Å²) in [5, 5.41) is 3.50. The Hall–Kier alpha value is -1.23. The lowest BCUT2D eigenvalue weighted by Crippen LogP contribution is -2.62. The van der Waals surface area contributed by atoms with Crippen LogP contribution in [0.2, 0.25) is 0 Å². The number of aryl methyl sites for hydroxylation is 1. The van der Waals surface area contributed by atoms with E-state index >= 15 is 0 Å². The molecule has 0 saturated carbocycles. The van der Waals surface area contributed by atoms with E-state index < -0.39 is 11.7 Å². The van der Waals surface area contributed by atoms with Crippen LogP contribution >= 0.6 is 0 Å². The van der Waals surface area contributed by atoms with E-state index in [2.05, 4.69) is 24.1 Å². The second-order valence-electron chi connectivity index (χ2n) is 6.27. The fourth-order valence-electron chi connectivity index (χ4n) is 2.75. The highest BCUT2D eigenvalue weighted by Crippen LogP contribution is 2.35. The topological polar surface area (TPSA) is 15.3 Å². The number of hydrogen-bond donors (Lipinski definition) is 1. The highest BCUT2D eigenvalue weighted by atomic mass is 19.4. The average Bonchev–Trinajstić information content (AvgIpc) is 2.41. The Balaban J connectivity index is 2.39. The maximum Gasteiger partial charge on any atom is 0.416 e. The zero-order valence-electron chi connectivity index (χ0n) is 13.0. The number of anilines is 1. The number of rotatable bonds is 2. The van der Waals surface area contributed by atoms with Crippen LogP contribution in [-0.4, -0.2) is 24.7 Å². The third kappa shape index (κ3) is 3.34. The molecule has 1 aliphatic heterocycles. The predicted molar refractivity (Wildman–Crippen MR) is 79.7 cm³/mol. The Morgan fingerprint density at radius 3 is 2.62 bits per heavy atom. The van der Waals surface area contributed by atoms with Crippen molar-refractivity contribution in [3.05, 3.63) is 29.3 Å². The van der Waals surface area contributed by atoms with Gasteiger partial charge in [-0.2, -0.15) is 13.2 Å². The summed E-state index contributed by atoms with van der Waals surface area (Å²) in [5.74, 6) is 0. The second-order valence-corrected chi connectivity index (χ2v) is 6.27. The van der Waals surface area contributed by atoms with E-state index in [0.717, 1.165) is 24.6 Å². The second kappa shape index (κ2) is 5.52. The van der Waals surface area contributed by atoms with Crippen LogP contribution in [0.4, 0.5) is 18.9 Å². The van der Waals surface area contributed by atoms with E-state index in [-0.39, 0.29) is 11.6 Å². The third-order valence-corrected chi connectivity index (χ3v) is 4.50. The van der Waals surface area contributed by atoms with E-state index in [0.29, 0.717) is 12.2 Å². The van der Waals surface area contributed by atoms with Crippen LogP contribution in [0.15, 0.2) is 18.2 Å². The molecule has 0 aliphatic carbocycles. The first-order valence-electron chi connectivity index (χ1n) is 7.36. The molecule has 1 saturated heterocycles. The largest absolute Gasteiger partial charge is 0.416 e. The first-order valence-corrected chi connectivity index (χ1v) is 7.36. The van der Waals surface area contributed by atoms with Gasteiger partial charge in [0.15, 0.2) is 0 Å². The van der Waals surface area contributed by atoms with Crippen LogP contribution in [0, 0.1) is 6.92 Å². The number of benzene rings is 1. The summed E-state index contributed by atoms with van der Waals surface area (Å²) in [6.07, 6.45) is -3.36. The monoisotopic (exact) mass is 300 g/mol. The number of hydrogen-bond acceptors (Lipinski definition) is 2. The first kappa shape index (κ1) is 16.1. The van der Waals surface area contributed by atoms with Crippen LogP contribution < -0.4 is 10.2 Å². The van der Waals surface area contributed by atoms with Gasteiger partial charge in [-0.3, -0.25) is 0 Å². The van der Waals surface area contributed by atoms with Gasteiger partial charge in [0.1, 0.15) is 0 Å². The molecule has 2 unspecified atom stereocenters. The van der Waals surface area contributed by atoms with Gasteiger partial charge in [0.05, 0.1) is 5.56 Å². The van der Waals surface area contributed by atoms with Crippen molar-refractivity contribution in [2.45, 2.75) is 51.9 Å². The van der Waals surface area contributed by atoms with Crippen LogP contribution in [0.5, 0.6) is 0 Å². The van der Waals surface area contributed by atoms with Gasteiger partial charge in [0.25, 0.3) is 0 Å². The molecule has 0 radical (unpaired) electrons. The van der Waals surface area contributed by atoms with Crippen molar-refractivity contribution in [3.63, 3.8) is 0 Å². The lowest BCUT2D eigenvalue weighted by atomic mass is 9.92. The van der Waals surface area contributed by atoms with Crippen molar-refractivity contribution in [1.82, 2.24) is 5.32 Å². The molecule has 2 nitrogen and oxygen atoms in total. The molecular weight excluding hydrogens is 277 g/mol. The fourth-order valence-corrected chi connectivity index (χ4v) is 2.75. The standard InChI is InChI=1S/C16H23F3N2/c1-5-15(4)10-21(12(3)9-20-15)14-8-13(16(17,18)19)7-6-11(14)2/h6-8,12,20H,5,9-10H2,1-4H3. The zero-order chi connectivity index (χ0) is 15.8. The number of piperazine rings is 1. The average molecular weight is 300 g/mol. The van der Waals surface area contributed by atoms with Gasteiger partial charge in [-0.05, 0) is 44.9 Å². The van der Waals surface area contributed by atoms with Crippen molar-refractivity contribution in [3.8, 4) is 0 Å². The molecule has 1 aromatic rings. The Morgan fingerprint density at radius 1 is 1.38 bits per heavy atom. The van der Waals surface area contributed by atoms with Crippen LogP contribution in [0.25, 0.3) is 0 Å². The molecule has 1 fully saturated rings. The van der Waals surface area contributed by atoms with Crippen molar-refractivity contribution in [2.24, 2.45) is 0 Å². The Bertz CT molecular complexity index is 513. The van der Waals surface area contributed by atoms with E-state index in [4.69, 9.17) is 0 Å². The molecule has 21 heavy (non-hydrogen) atoms. The zero-order valence-corrected chi connectivity index (χ0v) is 13.0. The summed E-state index contributed by atoms with van der Waals surface area (Å²) in [6.45, 7) is 9.62. The van der Waals surface area contributed by atoms with Gasteiger partial charge in [-0.15, -0.1) is 0 Å². The number of nitrogens with zero attached hydrogens (tertiary/aromatic N) is 1. The maximum absolute atomic E-state index is 13.0. The molecule has 2 rings (SSSR count). The minimum absolute atomic E-state index is 0.0623. The molecule has 0 bridgehead atoms. The number of halogens is 3.